The molecule has 0 fully saturated rings. The molecule has 6 nitrogen and oxygen atoms in total. The van der Waals surface area contributed by atoms with Crippen molar-refractivity contribution in [2.24, 2.45) is 0 Å². The van der Waals surface area contributed by atoms with E-state index in [-0.39, 0.29) is 6.04 Å². The highest BCUT2D eigenvalue weighted by atomic mass is 16.5. The smallest absolute Gasteiger partial charge is 0.224 e. The maximum Gasteiger partial charge on any atom is 0.224 e. The van der Waals surface area contributed by atoms with Gasteiger partial charge in [-0.15, -0.1) is 0 Å². The van der Waals surface area contributed by atoms with Gasteiger partial charge in [0.2, 0.25) is 11.8 Å². The van der Waals surface area contributed by atoms with Crippen LogP contribution in [-0.4, -0.2) is 29.2 Å². The molecule has 0 aromatic carbocycles. The second-order valence-electron chi connectivity index (χ2n) is 4.25. The summed E-state index contributed by atoms with van der Waals surface area (Å²) in [6, 6.07) is 4.13. The van der Waals surface area contributed by atoms with Gasteiger partial charge >= 0.3 is 0 Å². The van der Waals surface area contributed by atoms with Crippen molar-refractivity contribution >= 4 is 0 Å². The number of ether oxygens (including phenoxy) is 2. The van der Waals surface area contributed by atoms with Crippen LogP contribution >= 0.6 is 0 Å². The number of rotatable bonds is 6. The van der Waals surface area contributed by atoms with Crippen molar-refractivity contribution in [1.82, 2.24) is 20.3 Å². The third kappa shape index (κ3) is 3.21. The molecule has 2 rings (SSSR count). The maximum absolute atomic E-state index is 5.24. The standard InChI is InChI=1S/C14H18N4O2/c1-10(11-4-6-15-7-5-11)16-8-12-13(19-2)17-9-18-14(12)20-3/h4-7,9-10,16H,8H2,1-3H3/t10-/m0/s1. The van der Waals surface area contributed by atoms with Crippen molar-refractivity contribution in [3.8, 4) is 11.8 Å². The Morgan fingerprint density at radius 1 is 1.10 bits per heavy atom. The second-order valence-corrected chi connectivity index (χ2v) is 4.25. The number of hydrogen-bond acceptors (Lipinski definition) is 6. The summed E-state index contributed by atoms with van der Waals surface area (Å²) in [4.78, 5) is 12.2. The van der Waals surface area contributed by atoms with E-state index in [2.05, 4.69) is 27.2 Å². The first-order valence-electron chi connectivity index (χ1n) is 6.31. The third-order valence-electron chi connectivity index (χ3n) is 3.04. The van der Waals surface area contributed by atoms with Crippen LogP contribution < -0.4 is 14.8 Å². The number of nitrogens with zero attached hydrogens (tertiary/aromatic N) is 3. The van der Waals surface area contributed by atoms with Crippen molar-refractivity contribution in [2.45, 2.75) is 19.5 Å². The molecular formula is C14H18N4O2. The zero-order valence-electron chi connectivity index (χ0n) is 11.8. The van der Waals surface area contributed by atoms with Crippen molar-refractivity contribution in [3.05, 3.63) is 42.0 Å². The van der Waals surface area contributed by atoms with Gasteiger partial charge in [0, 0.05) is 25.0 Å². The molecule has 0 unspecified atom stereocenters. The lowest BCUT2D eigenvalue weighted by atomic mass is 10.1. The van der Waals surface area contributed by atoms with Gasteiger partial charge in [-0.1, -0.05) is 0 Å². The summed E-state index contributed by atoms with van der Waals surface area (Å²) < 4.78 is 10.5. The van der Waals surface area contributed by atoms with Crippen LogP contribution in [0.25, 0.3) is 0 Å². The lowest BCUT2D eigenvalue weighted by molar-refractivity contribution is 0.357. The van der Waals surface area contributed by atoms with Crippen molar-refractivity contribution in [2.75, 3.05) is 14.2 Å². The largest absolute Gasteiger partial charge is 0.481 e. The number of aromatic nitrogens is 3. The van der Waals surface area contributed by atoms with Gasteiger partial charge in [0.15, 0.2) is 0 Å². The summed E-state index contributed by atoms with van der Waals surface area (Å²) in [5.41, 5.74) is 1.97. The lowest BCUT2D eigenvalue weighted by Gasteiger charge is -2.16. The van der Waals surface area contributed by atoms with Gasteiger partial charge in [-0.25, -0.2) is 9.97 Å². The molecule has 0 bridgehead atoms. The molecule has 0 spiro atoms. The summed E-state index contributed by atoms with van der Waals surface area (Å²) in [5, 5.41) is 3.40. The fourth-order valence-electron chi connectivity index (χ4n) is 1.91. The Hall–Kier alpha value is -2.21. The average Bonchev–Trinajstić information content (AvgIpc) is 2.52. The Balaban J connectivity index is 2.11. The molecule has 0 amide bonds. The summed E-state index contributed by atoms with van der Waals surface area (Å²) in [6.45, 7) is 2.63. The van der Waals surface area contributed by atoms with Crippen LogP contribution in [0.4, 0.5) is 0 Å². The molecule has 0 saturated carbocycles. The van der Waals surface area contributed by atoms with Crippen LogP contribution in [0.1, 0.15) is 24.1 Å². The van der Waals surface area contributed by atoms with Crippen molar-refractivity contribution < 1.29 is 9.47 Å². The molecule has 106 valence electrons. The fourth-order valence-corrected chi connectivity index (χ4v) is 1.91. The molecule has 2 aromatic rings. The molecule has 1 atom stereocenters. The number of nitrogens with one attached hydrogen (secondary N) is 1. The molecule has 0 saturated heterocycles. The summed E-state index contributed by atoms with van der Waals surface area (Å²) in [6.07, 6.45) is 4.98. The maximum atomic E-state index is 5.24. The van der Waals surface area contributed by atoms with E-state index in [1.54, 1.807) is 26.6 Å². The molecule has 6 heteroatoms. The molecule has 20 heavy (non-hydrogen) atoms. The van der Waals surface area contributed by atoms with Crippen molar-refractivity contribution in [3.63, 3.8) is 0 Å². The molecule has 1 N–H and O–H groups in total. The van der Waals surface area contributed by atoms with Gasteiger partial charge in [0.05, 0.1) is 19.8 Å². The number of pyridine rings is 1. The van der Waals surface area contributed by atoms with E-state index in [0.717, 1.165) is 11.1 Å². The van der Waals surface area contributed by atoms with E-state index in [1.807, 2.05) is 12.1 Å². The Morgan fingerprint density at radius 3 is 2.25 bits per heavy atom. The van der Waals surface area contributed by atoms with E-state index in [1.165, 1.54) is 6.33 Å². The Labute approximate surface area is 118 Å². The molecule has 0 aliphatic rings. The van der Waals surface area contributed by atoms with E-state index < -0.39 is 0 Å². The summed E-state index contributed by atoms with van der Waals surface area (Å²) in [5.74, 6) is 1.04. The zero-order valence-corrected chi connectivity index (χ0v) is 11.8. The van der Waals surface area contributed by atoms with Crippen molar-refractivity contribution in [1.29, 1.82) is 0 Å². The lowest BCUT2D eigenvalue weighted by Crippen LogP contribution is -2.19. The topological polar surface area (TPSA) is 69.2 Å². The Kier molecular flexibility index (Phi) is 4.84. The first-order chi connectivity index (χ1) is 9.76. The van der Waals surface area contributed by atoms with E-state index in [9.17, 15) is 0 Å². The minimum atomic E-state index is 0.174. The summed E-state index contributed by atoms with van der Waals surface area (Å²) >= 11 is 0. The van der Waals surface area contributed by atoms with Gasteiger partial charge in [0.25, 0.3) is 0 Å². The predicted octanol–water partition coefficient (Wildman–Crippen LogP) is 1.74. The molecule has 0 aliphatic carbocycles. The molecule has 0 radical (unpaired) electrons. The minimum Gasteiger partial charge on any atom is -0.481 e. The molecular weight excluding hydrogens is 256 g/mol. The SMILES string of the molecule is COc1ncnc(OC)c1CN[C@@H](C)c1ccncc1. The monoisotopic (exact) mass is 274 g/mol. The molecule has 0 aliphatic heterocycles. The van der Waals surface area contributed by atoms with Crippen LogP contribution in [0.3, 0.4) is 0 Å². The van der Waals surface area contributed by atoms with Crippen LogP contribution in [-0.2, 0) is 6.54 Å². The van der Waals surface area contributed by atoms with E-state index >= 15 is 0 Å². The quantitative estimate of drug-likeness (QED) is 0.865. The molecule has 2 aromatic heterocycles. The predicted molar refractivity (Wildman–Crippen MR) is 74.6 cm³/mol. The number of methoxy groups -OCH3 is 2. The van der Waals surface area contributed by atoms with Crippen LogP contribution in [0.15, 0.2) is 30.9 Å². The highest BCUT2D eigenvalue weighted by molar-refractivity contribution is 5.34. The number of hydrogen-bond donors (Lipinski definition) is 1. The average molecular weight is 274 g/mol. The van der Waals surface area contributed by atoms with Gasteiger partial charge in [-0.05, 0) is 24.6 Å². The minimum absolute atomic E-state index is 0.174. The van der Waals surface area contributed by atoms with Gasteiger partial charge < -0.3 is 14.8 Å². The first-order valence-corrected chi connectivity index (χ1v) is 6.31. The fraction of sp³-hybridized carbons (Fsp3) is 0.357. The van der Waals surface area contributed by atoms with Gasteiger partial charge in [-0.2, -0.15) is 0 Å². The van der Waals surface area contributed by atoms with E-state index in [0.29, 0.717) is 18.3 Å². The highest BCUT2D eigenvalue weighted by Gasteiger charge is 2.14. The highest BCUT2D eigenvalue weighted by Crippen LogP contribution is 2.24. The second kappa shape index (κ2) is 6.81. The van der Waals surface area contributed by atoms with Crippen LogP contribution in [0.2, 0.25) is 0 Å². The van der Waals surface area contributed by atoms with Gasteiger partial charge in [0.1, 0.15) is 6.33 Å². The van der Waals surface area contributed by atoms with Crippen LogP contribution in [0.5, 0.6) is 11.8 Å². The van der Waals surface area contributed by atoms with E-state index in [4.69, 9.17) is 9.47 Å². The zero-order chi connectivity index (χ0) is 14.4. The van der Waals surface area contributed by atoms with Crippen LogP contribution in [0, 0.1) is 0 Å². The molecule has 2 heterocycles. The van der Waals surface area contributed by atoms with Gasteiger partial charge in [-0.3, -0.25) is 4.98 Å². The first kappa shape index (κ1) is 14.2. The Bertz CT molecular complexity index is 526. The third-order valence-corrected chi connectivity index (χ3v) is 3.04. The normalized spacial score (nSPS) is 11.9. The Morgan fingerprint density at radius 2 is 1.70 bits per heavy atom. The summed E-state index contributed by atoms with van der Waals surface area (Å²) in [7, 11) is 3.16.